The van der Waals surface area contributed by atoms with Crippen LogP contribution in [0.1, 0.15) is 21.7 Å². The predicted molar refractivity (Wildman–Crippen MR) is 88.8 cm³/mol. The lowest BCUT2D eigenvalue weighted by Gasteiger charge is -2.08. The lowest BCUT2D eigenvalue weighted by Crippen LogP contribution is -2.12. The minimum Gasteiger partial charge on any atom is -0.507 e. The fourth-order valence-electron chi connectivity index (χ4n) is 2.10. The lowest BCUT2D eigenvalue weighted by atomic mass is 10.1. The van der Waals surface area contributed by atoms with E-state index in [9.17, 15) is 14.7 Å². The van der Waals surface area contributed by atoms with Crippen LogP contribution in [0.4, 0.5) is 0 Å². The Morgan fingerprint density at radius 2 is 2.12 bits per heavy atom. The summed E-state index contributed by atoms with van der Waals surface area (Å²) in [5, 5.41) is 18.3. The van der Waals surface area contributed by atoms with Crippen molar-refractivity contribution >= 4 is 11.9 Å². The van der Waals surface area contributed by atoms with Crippen LogP contribution in [0.2, 0.25) is 0 Å². The molecule has 25 heavy (non-hydrogen) atoms. The molecule has 7 heteroatoms. The van der Waals surface area contributed by atoms with E-state index in [0.29, 0.717) is 17.1 Å². The number of hydrogen-bond donors (Lipinski definition) is 1. The van der Waals surface area contributed by atoms with Gasteiger partial charge in [-0.25, -0.2) is 4.79 Å². The summed E-state index contributed by atoms with van der Waals surface area (Å²) >= 11 is 0. The number of methoxy groups -OCH3 is 1. The van der Waals surface area contributed by atoms with Gasteiger partial charge in [-0.05, 0) is 30.7 Å². The van der Waals surface area contributed by atoms with Crippen LogP contribution in [-0.2, 0) is 0 Å². The second-order valence-corrected chi connectivity index (χ2v) is 4.96. The van der Waals surface area contributed by atoms with Gasteiger partial charge in [0.05, 0.1) is 7.11 Å². The Balaban J connectivity index is 2.26. The monoisotopic (exact) mass is 341 g/mol. The van der Waals surface area contributed by atoms with E-state index in [1.165, 1.54) is 26.2 Å². The Kier molecular flexibility index (Phi) is 5.58. The molecular weight excluding hydrogens is 326 g/mol. The van der Waals surface area contributed by atoms with Crippen molar-refractivity contribution < 1.29 is 23.8 Å². The molecule has 0 amide bonds. The molecule has 1 N–H and O–H groups in total. The molecule has 0 unspecified atom stereocenters. The van der Waals surface area contributed by atoms with Crippen molar-refractivity contribution in [3.05, 3.63) is 57.6 Å². The minimum atomic E-state index is -0.898. The molecule has 2 aromatic rings. The second-order valence-electron chi connectivity index (χ2n) is 4.96. The maximum Gasteiger partial charge on any atom is 0.351 e. The van der Waals surface area contributed by atoms with Crippen LogP contribution in [-0.4, -0.2) is 24.6 Å². The molecule has 0 aliphatic carbocycles. The van der Waals surface area contributed by atoms with Crippen molar-refractivity contribution in [3.8, 4) is 23.3 Å². The molecule has 0 aliphatic heterocycles. The SMILES string of the molecule is COc1cc(/C=C/C(=O)c2c(O)cc(C)oc2=O)ccc1OCC#N. The number of rotatable bonds is 6. The Morgan fingerprint density at radius 1 is 1.36 bits per heavy atom. The second kappa shape index (κ2) is 7.84. The Hall–Kier alpha value is -3.53. The molecule has 0 saturated carbocycles. The molecule has 0 atom stereocenters. The lowest BCUT2D eigenvalue weighted by molar-refractivity contribution is 0.104. The van der Waals surface area contributed by atoms with E-state index in [4.69, 9.17) is 19.2 Å². The van der Waals surface area contributed by atoms with Gasteiger partial charge < -0.3 is 19.0 Å². The van der Waals surface area contributed by atoms with E-state index >= 15 is 0 Å². The van der Waals surface area contributed by atoms with E-state index in [1.54, 1.807) is 18.2 Å². The minimum absolute atomic E-state index is 0.119. The zero-order valence-electron chi connectivity index (χ0n) is 13.6. The summed E-state index contributed by atoms with van der Waals surface area (Å²) in [6, 6.07) is 7.91. The molecule has 128 valence electrons. The molecular formula is C18H15NO6. The van der Waals surface area contributed by atoms with E-state index in [0.717, 1.165) is 6.08 Å². The third kappa shape index (κ3) is 4.26. The van der Waals surface area contributed by atoms with Crippen molar-refractivity contribution in [1.29, 1.82) is 5.26 Å². The summed E-state index contributed by atoms with van der Waals surface area (Å²) in [6.07, 6.45) is 2.60. The van der Waals surface area contributed by atoms with Gasteiger partial charge in [0.15, 0.2) is 23.9 Å². The molecule has 0 radical (unpaired) electrons. The average molecular weight is 341 g/mol. The van der Waals surface area contributed by atoms with Crippen molar-refractivity contribution in [1.82, 2.24) is 0 Å². The maximum atomic E-state index is 12.1. The van der Waals surface area contributed by atoms with E-state index in [-0.39, 0.29) is 12.4 Å². The van der Waals surface area contributed by atoms with Gasteiger partial charge in [-0.15, -0.1) is 0 Å². The fourth-order valence-corrected chi connectivity index (χ4v) is 2.10. The molecule has 0 saturated heterocycles. The first-order valence-corrected chi connectivity index (χ1v) is 7.20. The molecule has 1 aromatic carbocycles. The number of ketones is 1. The first kappa shape index (κ1) is 17.8. The van der Waals surface area contributed by atoms with Crippen LogP contribution in [0, 0.1) is 18.3 Å². The largest absolute Gasteiger partial charge is 0.507 e. The van der Waals surface area contributed by atoms with Gasteiger partial charge in [0.2, 0.25) is 0 Å². The summed E-state index contributed by atoms with van der Waals surface area (Å²) in [5.41, 5.74) is -0.724. The van der Waals surface area contributed by atoms with Crippen LogP contribution in [0.15, 0.2) is 39.6 Å². The number of aryl methyl sites for hydroxylation is 1. The normalized spacial score (nSPS) is 10.4. The highest BCUT2D eigenvalue weighted by molar-refractivity contribution is 6.08. The van der Waals surface area contributed by atoms with Gasteiger partial charge in [-0.2, -0.15) is 5.26 Å². The number of hydrogen-bond acceptors (Lipinski definition) is 7. The number of carbonyl (C=O) groups is 1. The van der Waals surface area contributed by atoms with Gasteiger partial charge >= 0.3 is 5.63 Å². The highest BCUT2D eigenvalue weighted by Gasteiger charge is 2.16. The quantitative estimate of drug-likeness (QED) is 0.635. The Bertz CT molecular complexity index is 920. The van der Waals surface area contributed by atoms with E-state index in [2.05, 4.69) is 0 Å². The van der Waals surface area contributed by atoms with Crippen LogP contribution >= 0.6 is 0 Å². The number of benzene rings is 1. The highest BCUT2D eigenvalue weighted by Crippen LogP contribution is 2.28. The summed E-state index contributed by atoms with van der Waals surface area (Å²) in [4.78, 5) is 23.8. The van der Waals surface area contributed by atoms with E-state index < -0.39 is 22.7 Å². The molecule has 0 spiro atoms. The molecule has 0 bridgehead atoms. The topological polar surface area (TPSA) is 110 Å². The number of nitrogens with zero attached hydrogens (tertiary/aromatic N) is 1. The van der Waals surface area contributed by atoms with Crippen molar-refractivity contribution in [3.63, 3.8) is 0 Å². The molecule has 1 heterocycles. The van der Waals surface area contributed by atoms with Crippen molar-refractivity contribution in [2.45, 2.75) is 6.92 Å². The maximum absolute atomic E-state index is 12.1. The first-order chi connectivity index (χ1) is 12.0. The zero-order chi connectivity index (χ0) is 18.4. The van der Waals surface area contributed by atoms with Crippen LogP contribution < -0.4 is 15.1 Å². The predicted octanol–water partition coefficient (Wildman–Crippen LogP) is 2.46. The molecule has 0 fully saturated rings. The highest BCUT2D eigenvalue weighted by atomic mass is 16.5. The standard InChI is InChI=1S/C18H15NO6/c1-11-9-14(21)17(18(22)25-11)13(20)5-3-12-4-6-15(24-8-7-19)16(10-12)23-2/h3-6,9-10,21H,8H2,1-2H3/b5-3+. The van der Waals surface area contributed by atoms with Gasteiger partial charge in [-0.1, -0.05) is 12.1 Å². The van der Waals surface area contributed by atoms with Crippen molar-refractivity contribution in [2.24, 2.45) is 0 Å². The fraction of sp³-hybridized carbons (Fsp3) is 0.167. The van der Waals surface area contributed by atoms with Gasteiger partial charge in [0.1, 0.15) is 23.1 Å². The molecule has 0 aliphatic rings. The third-order valence-electron chi connectivity index (χ3n) is 3.21. The van der Waals surface area contributed by atoms with Gasteiger partial charge in [-0.3, -0.25) is 4.79 Å². The average Bonchev–Trinajstić information content (AvgIpc) is 2.57. The number of nitriles is 1. The number of carbonyl (C=O) groups excluding carboxylic acids is 1. The first-order valence-electron chi connectivity index (χ1n) is 7.20. The van der Waals surface area contributed by atoms with Crippen LogP contribution in [0.5, 0.6) is 17.2 Å². The van der Waals surface area contributed by atoms with Crippen LogP contribution in [0.25, 0.3) is 6.08 Å². The summed E-state index contributed by atoms with van der Waals surface area (Å²) in [6.45, 7) is 1.37. The van der Waals surface area contributed by atoms with E-state index in [1.807, 2.05) is 6.07 Å². The summed E-state index contributed by atoms with van der Waals surface area (Å²) in [5.74, 6) is -0.121. The van der Waals surface area contributed by atoms with Gasteiger partial charge in [0, 0.05) is 6.07 Å². The number of allylic oxidation sites excluding steroid dienone is 1. The Morgan fingerprint density at radius 3 is 2.76 bits per heavy atom. The van der Waals surface area contributed by atoms with Crippen LogP contribution in [0.3, 0.4) is 0 Å². The number of aromatic hydroxyl groups is 1. The smallest absolute Gasteiger partial charge is 0.351 e. The van der Waals surface area contributed by atoms with Crippen molar-refractivity contribution in [2.75, 3.05) is 13.7 Å². The summed E-state index contributed by atoms with van der Waals surface area (Å²) in [7, 11) is 1.45. The third-order valence-corrected chi connectivity index (χ3v) is 3.21. The molecule has 7 nitrogen and oxygen atoms in total. The van der Waals surface area contributed by atoms with Gasteiger partial charge in [0.25, 0.3) is 0 Å². The molecule has 1 aromatic heterocycles. The molecule has 2 rings (SSSR count). The zero-order valence-corrected chi connectivity index (χ0v) is 13.6. The Labute approximate surface area is 143 Å². The number of ether oxygens (including phenoxy) is 2. The summed E-state index contributed by atoms with van der Waals surface area (Å²) < 4.78 is 15.2.